The van der Waals surface area contributed by atoms with Crippen molar-refractivity contribution in [2.75, 3.05) is 26.3 Å². The molecule has 0 bridgehead atoms. The largest absolute Gasteiger partial charge is 0.394 e. The molecular formula is C10H20N2O6. The molecule has 0 radical (unpaired) electrons. The molecule has 1 rings (SSSR count). The SMILES string of the molecule is NCCNC(=O)CO[C@H]1C[C@@H](O)[C@H](O)[C@@H](CO)O1. The van der Waals surface area contributed by atoms with Gasteiger partial charge in [0.15, 0.2) is 6.29 Å². The average Bonchev–Trinajstić information content (AvgIpc) is 2.37. The van der Waals surface area contributed by atoms with Gasteiger partial charge in [-0.1, -0.05) is 0 Å². The topological polar surface area (TPSA) is 134 Å². The Morgan fingerprint density at radius 3 is 2.83 bits per heavy atom. The Bertz CT molecular complexity index is 265. The maximum atomic E-state index is 11.2. The smallest absolute Gasteiger partial charge is 0.246 e. The summed E-state index contributed by atoms with van der Waals surface area (Å²) < 4.78 is 10.3. The quantitative estimate of drug-likeness (QED) is 0.343. The molecule has 0 aliphatic carbocycles. The number of carbonyl (C=O) groups excluding carboxylic acids is 1. The van der Waals surface area contributed by atoms with E-state index in [9.17, 15) is 15.0 Å². The predicted octanol–water partition coefficient (Wildman–Crippen LogP) is -3.09. The zero-order chi connectivity index (χ0) is 13.5. The number of aliphatic hydroxyl groups is 3. The Morgan fingerprint density at radius 2 is 2.22 bits per heavy atom. The number of ether oxygens (including phenoxy) is 2. The van der Waals surface area contributed by atoms with E-state index in [-0.39, 0.29) is 18.9 Å². The Hall–Kier alpha value is -0.770. The molecule has 0 unspecified atom stereocenters. The first-order valence-electron chi connectivity index (χ1n) is 5.79. The molecule has 1 heterocycles. The van der Waals surface area contributed by atoms with Crippen molar-refractivity contribution in [3.05, 3.63) is 0 Å². The lowest BCUT2D eigenvalue weighted by Gasteiger charge is -2.35. The first kappa shape index (κ1) is 15.3. The number of hydrogen-bond acceptors (Lipinski definition) is 7. The highest BCUT2D eigenvalue weighted by Gasteiger charge is 2.36. The number of hydrogen-bond donors (Lipinski definition) is 5. The standard InChI is InChI=1S/C10H20N2O6/c11-1-2-12-8(15)5-17-9-3-6(14)10(16)7(4-13)18-9/h6-7,9-10,13-14,16H,1-5,11H2,(H,12,15)/t6-,7-,9-,10+/m1/s1. The van der Waals surface area contributed by atoms with E-state index in [1.54, 1.807) is 0 Å². The fraction of sp³-hybridized carbons (Fsp3) is 0.900. The molecule has 1 aliphatic heterocycles. The van der Waals surface area contributed by atoms with Crippen LogP contribution in [0.2, 0.25) is 0 Å². The summed E-state index contributed by atoms with van der Waals surface area (Å²) in [6.45, 7) is 0.0283. The van der Waals surface area contributed by atoms with Crippen molar-refractivity contribution in [2.45, 2.75) is 31.0 Å². The van der Waals surface area contributed by atoms with Crippen molar-refractivity contribution in [1.82, 2.24) is 5.32 Å². The van der Waals surface area contributed by atoms with Crippen LogP contribution in [-0.2, 0) is 14.3 Å². The van der Waals surface area contributed by atoms with Gasteiger partial charge >= 0.3 is 0 Å². The molecule has 0 saturated carbocycles. The van der Waals surface area contributed by atoms with Gasteiger partial charge in [-0.3, -0.25) is 4.79 Å². The van der Waals surface area contributed by atoms with E-state index in [1.165, 1.54) is 0 Å². The Kier molecular flexibility index (Phi) is 6.47. The summed E-state index contributed by atoms with van der Waals surface area (Å²) >= 11 is 0. The number of carbonyl (C=O) groups is 1. The lowest BCUT2D eigenvalue weighted by atomic mass is 10.0. The first-order valence-corrected chi connectivity index (χ1v) is 5.79. The normalized spacial score (nSPS) is 32.2. The maximum Gasteiger partial charge on any atom is 0.246 e. The molecule has 0 spiro atoms. The Labute approximate surface area is 105 Å². The summed E-state index contributed by atoms with van der Waals surface area (Å²) in [5.74, 6) is -0.342. The third-order valence-electron chi connectivity index (χ3n) is 2.58. The minimum atomic E-state index is -1.15. The number of rotatable bonds is 6. The fourth-order valence-corrected chi connectivity index (χ4v) is 1.60. The molecule has 8 heteroatoms. The minimum Gasteiger partial charge on any atom is -0.394 e. The van der Waals surface area contributed by atoms with E-state index < -0.39 is 31.2 Å². The summed E-state index contributed by atoms with van der Waals surface area (Å²) in [7, 11) is 0. The Balaban J connectivity index is 2.32. The van der Waals surface area contributed by atoms with Crippen LogP contribution in [0.3, 0.4) is 0 Å². The molecule has 8 nitrogen and oxygen atoms in total. The van der Waals surface area contributed by atoms with Gasteiger partial charge in [-0.05, 0) is 0 Å². The van der Waals surface area contributed by atoms with Gasteiger partial charge in [0.05, 0.1) is 12.7 Å². The maximum absolute atomic E-state index is 11.2. The van der Waals surface area contributed by atoms with Crippen molar-refractivity contribution in [3.8, 4) is 0 Å². The summed E-state index contributed by atoms with van der Waals surface area (Å²) in [6.07, 6.45) is -3.90. The van der Waals surface area contributed by atoms with Crippen LogP contribution in [0.1, 0.15) is 6.42 Å². The Morgan fingerprint density at radius 1 is 1.50 bits per heavy atom. The summed E-state index contributed by atoms with van der Waals surface area (Å²) in [6, 6.07) is 0. The fourth-order valence-electron chi connectivity index (χ4n) is 1.60. The minimum absolute atomic E-state index is 0.0435. The first-order chi connectivity index (χ1) is 8.58. The van der Waals surface area contributed by atoms with E-state index in [2.05, 4.69) is 5.32 Å². The zero-order valence-corrected chi connectivity index (χ0v) is 9.99. The van der Waals surface area contributed by atoms with Crippen LogP contribution in [0, 0.1) is 0 Å². The third kappa shape index (κ3) is 4.48. The van der Waals surface area contributed by atoms with Gasteiger partial charge in [0.2, 0.25) is 5.91 Å². The zero-order valence-electron chi connectivity index (χ0n) is 9.99. The molecule has 0 aromatic rings. The van der Waals surface area contributed by atoms with Crippen molar-refractivity contribution in [2.24, 2.45) is 5.73 Å². The molecule has 18 heavy (non-hydrogen) atoms. The monoisotopic (exact) mass is 264 g/mol. The third-order valence-corrected chi connectivity index (χ3v) is 2.58. The number of nitrogens with one attached hydrogen (secondary N) is 1. The number of amides is 1. The highest BCUT2D eigenvalue weighted by Crippen LogP contribution is 2.20. The molecule has 1 saturated heterocycles. The molecule has 1 fully saturated rings. The predicted molar refractivity (Wildman–Crippen MR) is 60.4 cm³/mol. The lowest BCUT2D eigenvalue weighted by Crippen LogP contribution is -2.51. The van der Waals surface area contributed by atoms with E-state index in [4.69, 9.17) is 20.3 Å². The van der Waals surface area contributed by atoms with E-state index in [1.807, 2.05) is 0 Å². The molecule has 1 aliphatic rings. The van der Waals surface area contributed by atoms with Gasteiger partial charge < -0.3 is 35.8 Å². The van der Waals surface area contributed by atoms with Crippen LogP contribution >= 0.6 is 0 Å². The summed E-state index contributed by atoms with van der Waals surface area (Å²) in [5.41, 5.74) is 5.22. The molecule has 0 aromatic heterocycles. The van der Waals surface area contributed by atoms with Gasteiger partial charge in [0.1, 0.15) is 18.8 Å². The van der Waals surface area contributed by atoms with Crippen LogP contribution in [0.4, 0.5) is 0 Å². The van der Waals surface area contributed by atoms with E-state index >= 15 is 0 Å². The van der Waals surface area contributed by atoms with Crippen molar-refractivity contribution in [1.29, 1.82) is 0 Å². The second-order valence-electron chi connectivity index (χ2n) is 4.03. The van der Waals surface area contributed by atoms with Gasteiger partial charge in [-0.2, -0.15) is 0 Å². The van der Waals surface area contributed by atoms with Crippen LogP contribution < -0.4 is 11.1 Å². The van der Waals surface area contributed by atoms with Crippen molar-refractivity contribution >= 4 is 5.91 Å². The van der Waals surface area contributed by atoms with E-state index in [0.717, 1.165) is 0 Å². The average molecular weight is 264 g/mol. The molecule has 6 N–H and O–H groups in total. The van der Waals surface area contributed by atoms with Gasteiger partial charge in [0.25, 0.3) is 0 Å². The molecule has 0 aromatic carbocycles. The summed E-state index contributed by atoms with van der Waals surface area (Å²) in [4.78, 5) is 11.2. The molecular weight excluding hydrogens is 244 g/mol. The van der Waals surface area contributed by atoms with E-state index in [0.29, 0.717) is 13.1 Å². The van der Waals surface area contributed by atoms with Crippen LogP contribution in [0.15, 0.2) is 0 Å². The summed E-state index contributed by atoms with van der Waals surface area (Å²) in [5, 5.41) is 30.4. The molecule has 106 valence electrons. The van der Waals surface area contributed by atoms with Crippen LogP contribution in [0.5, 0.6) is 0 Å². The van der Waals surface area contributed by atoms with Crippen LogP contribution in [-0.4, -0.2) is 72.1 Å². The van der Waals surface area contributed by atoms with Gasteiger partial charge in [-0.15, -0.1) is 0 Å². The second-order valence-corrected chi connectivity index (χ2v) is 4.03. The van der Waals surface area contributed by atoms with Crippen molar-refractivity contribution < 1.29 is 29.6 Å². The molecule has 4 atom stereocenters. The molecule has 1 amide bonds. The highest BCUT2D eigenvalue weighted by atomic mass is 16.7. The van der Waals surface area contributed by atoms with Gasteiger partial charge in [0, 0.05) is 19.5 Å². The number of nitrogens with two attached hydrogens (primary N) is 1. The lowest BCUT2D eigenvalue weighted by molar-refractivity contribution is -0.255. The highest BCUT2D eigenvalue weighted by molar-refractivity contribution is 5.77. The van der Waals surface area contributed by atoms with Crippen molar-refractivity contribution in [3.63, 3.8) is 0 Å². The van der Waals surface area contributed by atoms with Crippen LogP contribution in [0.25, 0.3) is 0 Å². The van der Waals surface area contributed by atoms with Gasteiger partial charge in [-0.25, -0.2) is 0 Å². The number of aliphatic hydroxyl groups excluding tert-OH is 3. The second kappa shape index (κ2) is 7.62.